The van der Waals surface area contributed by atoms with Gasteiger partial charge in [-0.15, -0.1) is 11.3 Å². The number of aromatic amines is 1. The number of hydrogen-bond acceptors (Lipinski definition) is 1. The summed E-state index contributed by atoms with van der Waals surface area (Å²) in [5.74, 6) is 0. The lowest BCUT2D eigenvalue weighted by atomic mass is 10.00. The second-order valence-electron chi connectivity index (χ2n) is 4.92. The molecule has 4 rings (SSSR count). The first-order valence-electron chi connectivity index (χ1n) is 5.52. The highest BCUT2D eigenvalue weighted by atomic mass is 32.1. The molecule has 1 fully saturated rings. The van der Waals surface area contributed by atoms with E-state index < -0.39 is 0 Å². The van der Waals surface area contributed by atoms with Gasteiger partial charge in [0.1, 0.15) is 0 Å². The zero-order chi connectivity index (χ0) is 10.2. The van der Waals surface area contributed by atoms with Gasteiger partial charge in [-0.3, -0.25) is 0 Å². The van der Waals surface area contributed by atoms with E-state index in [1.165, 1.54) is 39.5 Å². The fourth-order valence-corrected chi connectivity index (χ4v) is 4.13. The van der Waals surface area contributed by atoms with Gasteiger partial charge in [0.15, 0.2) is 0 Å². The Kier molecular flexibility index (Phi) is 1.21. The lowest BCUT2D eigenvalue weighted by Crippen LogP contribution is -2.03. The Morgan fingerprint density at radius 3 is 2.80 bits per heavy atom. The van der Waals surface area contributed by atoms with Crippen LogP contribution in [0.25, 0.3) is 10.4 Å². The van der Waals surface area contributed by atoms with E-state index in [9.17, 15) is 0 Å². The van der Waals surface area contributed by atoms with Gasteiger partial charge in [0.05, 0.1) is 0 Å². The van der Waals surface area contributed by atoms with Crippen molar-refractivity contribution in [2.45, 2.75) is 32.1 Å². The summed E-state index contributed by atoms with van der Waals surface area (Å²) in [6, 6.07) is 4.72. The maximum absolute atomic E-state index is 3.57. The molecule has 1 N–H and O–H groups in total. The molecule has 2 heteroatoms. The average Bonchev–Trinajstić information content (AvgIpc) is 2.70. The quantitative estimate of drug-likeness (QED) is 0.689. The van der Waals surface area contributed by atoms with Crippen molar-refractivity contribution in [3.05, 3.63) is 34.0 Å². The van der Waals surface area contributed by atoms with Crippen LogP contribution in [-0.4, -0.2) is 4.98 Å². The molecule has 0 bridgehead atoms. The lowest BCUT2D eigenvalue weighted by molar-refractivity contribution is 0.837. The standard InChI is InChI=1S/C13H13NS/c1-7-5-9-11-10(6-8(2)15-11)13(3-4-13)12(9)14-7/h5-6,14H,3-4H2,1-2H3. The highest BCUT2D eigenvalue weighted by Gasteiger charge is 2.54. The number of H-pyrrole nitrogens is 1. The number of nitrogens with one attached hydrogen (secondary N) is 1. The molecule has 0 radical (unpaired) electrons. The Morgan fingerprint density at radius 1 is 1.27 bits per heavy atom. The van der Waals surface area contributed by atoms with Crippen molar-refractivity contribution in [2.75, 3.05) is 0 Å². The zero-order valence-corrected chi connectivity index (χ0v) is 9.79. The number of aromatic nitrogens is 1. The van der Waals surface area contributed by atoms with Crippen LogP contribution in [0.5, 0.6) is 0 Å². The molecule has 2 aliphatic carbocycles. The van der Waals surface area contributed by atoms with Crippen LogP contribution in [-0.2, 0) is 5.41 Å². The fourth-order valence-electron chi connectivity index (χ4n) is 2.99. The Balaban J connectivity index is 2.11. The van der Waals surface area contributed by atoms with Crippen molar-refractivity contribution in [2.24, 2.45) is 0 Å². The number of aryl methyl sites for hydroxylation is 2. The first kappa shape index (κ1) is 8.17. The first-order valence-corrected chi connectivity index (χ1v) is 6.34. The maximum atomic E-state index is 3.57. The van der Waals surface area contributed by atoms with Crippen molar-refractivity contribution in [3.63, 3.8) is 0 Å². The summed E-state index contributed by atoms with van der Waals surface area (Å²) in [7, 11) is 0. The van der Waals surface area contributed by atoms with Gasteiger partial charge in [0, 0.05) is 32.1 Å². The van der Waals surface area contributed by atoms with E-state index in [1.807, 2.05) is 11.3 Å². The van der Waals surface area contributed by atoms with Crippen molar-refractivity contribution >= 4 is 11.3 Å². The summed E-state index contributed by atoms with van der Waals surface area (Å²) in [5.41, 5.74) is 6.30. The summed E-state index contributed by atoms with van der Waals surface area (Å²) < 4.78 is 0. The molecule has 0 aromatic carbocycles. The Labute approximate surface area is 93.2 Å². The van der Waals surface area contributed by atoms with E-state index in [0.717, 1.165) is 0 Å². The van der Waals surface area contributed by atoms with Gasteiger partial charge in [0.25, 0.3) is 0 Å². The Bertz CT molecular complexity index is 521. The van der Waals surface area contributed by atoms with E-state index in [4.69, 9.17) is 0 Å². The van der Waals surface area contributed by atoms with Gasteiger partial charge in [-0.05, 0) is 44.4 Å². The molecule has 2 aliphatic rings. The first-order chi connectivity index (χ1) is 7.21. The number of hydrogen-bond donors (Lipinski definition) is 1. The molecule has 1 saturated carbocycles. The molecule has 1 spiro atoms. The number of thiophene rings is 1. The highest BCUT2D eigenvalue weighted by Crippen LogP contribution is 2.64. The van der Waals surface area contributed by atoms with E-state index in [1.54, 1.807) is 5.56 Å². The summed E-state index contributed by atoms with van der Waals surface area (Å²) in [4.78, 5) is 6.55. The molecule has 2 aromatic heterocycles. The van der Waals surface area contributed by atoms with Crippen LogP contribution in [0, 0.1) is 13.8 Å². The predicted molar refractivity (Wildman–Crippen MR) is 63.6 cm³/mol. The fraction of sp³-hybridized carbons (Fsp3) is 0.385. The zero-order valence-electron chi connectivity index (χ0n) is 8.98. The molecule has 0 amide bonds. The van der Waals surface area contributed by atoms with Crippen LogP contribution >= 0.6 is 11.3 Å². The monoisotopic (exact) mass is 215 g/mol. The van der Waals surface area contributed by atoms with Crippen molar-refractivity contribution in [1.29, 1.82) is 0 Å². The van der Waals surface area contributed by atoms with Crippen molar-refractivity contribution in [1.82, 2.24) is 4.98 Å². The summed E-state index contributed by atoms with van der Waals surface area (Å²) in [6.07, 6.45) is 2.67. The van der Waals surface area contributed by atoms with E-state index in [-0.39, 0.29) is 0 Å². The molecule has 2 heterocycles. The second-order valence-corrected chi connectivity index (χ2v) is 6.18. The molecule has 0 saturated heterocycles. The molecule has 76 valence electrons. The van der Waals surface area contributed by atoms with Crippen LogP contribution < -0.4 is 0 Å². The molecular weight excluding hydrogens is 202 g/mol. The molecule has 0 aliphatic heterocycles. The summed E-state index contributed by atoms with van der Waals surface area (Å²) >= 11 is 1.96. The normalized spacial score (nSPS) is 19.3. The van der Waals surface area contributed by atoms with Gasteiger partial charge in [-0.25, -0.2) is 0 Å². The molecule has 15 heavy (non-hydrogen) atoms. The van der Waals surface area contributed by atoms with Gasteiger partial charge in [0.2, 0.25) is 0 Å². The molecule has 0 unspecified atom stereocenters. The highest BCUT2D eigenvalue weighted by molar-refractivity contribution is 7.15. The van der Waals surface area contributed by atoms with Gasteiger partial charge >= 0.3 is 0 Å². The maximum Gasteiger partial charge on any atom is 0.0405 e. The van der Waals surface area contributed by atoms with Crippen LogP contribution in [0.1, 0.15) is 34.7 Å². The predicted octanol–water partition coefficient (Wildman–Crippen LogP) is 3.75. The largest absolute Gasteiger partial charge is 0.361 e. The van der Waals surface area contributed by atoms with Crippen LogP contribution in [0.3, 0.4) is 0 Å². The van der Waals surface area contributed by atoms with Crippen LogP contribution in [0.4, 0.5) is 0 Å². The molecule has 0 atom stereocenters. The number of fused-ring (bicyclic) bond motifs is 5. The van der Waals surface area contributed by atoms with Gasteiger partial charge < -0.3 is 4.98 Å². The average molecular weight is 215 g/mol. The summed E-state index contributed by atoms with van der Waals surface area (Å²) in [5, 5.41) is 0. The van der Waals surface area contributed by atoms with E-state index in [0.29, 0.717) is 5.41 Å². The van der Waals surface area contributed by atoms with Crippen molar-refractivity contribution in [3.8, 4) is 10.4 Å². The van der Waals surface area contributed by atoms with Crippen molar-refractivity contribution < 1.29 is 0 Å². The van der Waals surface area contributed by atoms with Crippen LogP contribution in [0.2, 0.25) is 0 Å². The SMILES string of the molecule is Cc1cc2c([nH]1)C1(CC1)c1cc(C)sc1-2. The third-order valence-electron chi connectivity index (χ3n) is 3.80. The summed E-state index contributed by atoms with van der Waals surface area (Å²) in [6.45, 7) is 4.38. The minimum atomic E-state index is 0.406. The Morgan fingerprint density at radius 2 is 2.07 bits per heavy atom. The minimum absolute atomic E-state index is 0.406. The van der Waals surface area contributed by atoms with Gasteiger partial charge in [-0.2, -0.15) is 0 Å². The lowest BCUT2D eigenvalue weighted by Gasteiger charge is -2.06. The van der Waals surface area contributed by atoms with E-state index in [2.05, 4.69) is 31.0 Å². The molecule has 1 nitrogen and oxygen atoms in total. The topological polar surface area (TPSA) is 15.8 Å². The number of rotatable bonds is 0. The second kappa shape index (κ2) is 2.22. The smallest absolute Gasteiger partial charge is 0.0405 e. The molecule has 2 aromatic rings. The third kappa shape index (κ3) is 0.809. The van der Waals surface area contributed by atoms with E-state index >= 15 is 0 Å². The van der Waals surface area contributed by atoms with Crippen LogP contribution in [0.15, 0.2) is 12.1 Å². The minimum Gasteiger partial charge on any atom is -0.361 e. The molecular formula is C13H13NS. The third-order valence-corrected chi connectivity index (χ3v) is 4.88. The Hall–Kier alpha value is -1.02. The van der Waals surface area contributed by atoms with Gasteiger partial charge in [-0.1, -0.05) is 0 Å².